The molecule has 1 fully saturated rings. The van der Waals surface area contributed by atoms with Crippen molar-refractivity contribution in [3.8, 4) is 0 Å². The van der Waals surface area contributed by atoms with E-state index in [1.54, 1.807) is 14.2 Å². The van der Waals surface area contributed by atoms with Crippen LogP contribution in [0.15, 0.2) is 0 Å². The highest BCUT2D eigenvalue weighted by Crippen LogP contribution is 2.38. The van der Waals surface area contributed by atoms with Gasteiger partial charge in [-0.2, -0.15) is 0 Å². The molecule has 0 saturated heterocycles. The summed E-state index contributed by atoms with van der Waals surface area (Å²) in [4.78, 5) is 0. The van der Waals surface area contributed by atoms with Crippen LogP contribution in [0, 0.1) is 0 Å². The number of hydrogen-bond acceptors (Lipinski definition) is 5. The third kappa shape index (κ3) is 7.85. The van der Waals surface area contributed by atoms with Gasteiger partial charge in [0.05, 0.1) is 0 Å². The summed E-state index contributed by atoms with van der Waals surface area (Å²) in [5.74, 6) is -0.167. The second-order valence-corrected chi connectivity index (χ2v) is 5.05. The van der Waals surface area contributed by atoms with Gasteiger partial charge in [-0.3, -0.25) is 0 Å². The number of hydrogen-bond donors (Lipinski definition) is 0. The monoisotopic (exact) mass is 266 g/mol. The van der Waals surface area contributed by atoms with Crippen molar-refractivity contribution < 1.29 is 22.8 Å². The summed E-state index contributed by atoms with van der Waals surface area (Å²) in [5.41, 5.74) is 0. The molecule has 0 aromatic rings. The minimum atomic E-state index is -1.73. The lowest BCUT2D eigenvalue weighted by atomic mass is 10.7. The Hall–Kier alpha value is 0.0169. The van der Waals surface area contributed by atoms with Crippen molar-refractivity contribution in [3.63, 3.8) is 0 Å². The van der Waals surface area contributed by atoms with Gasteiger partial charge in [0.25, 0.3) is 0 Å². The summed E-state index contributed by atoms with van der Waals surface area (Å²) in [5, 5.41) is 0. The predicted octanol–water partition coefficient (Wildman–Crippen LogP) is 1.58. The van der Waals surface area contributed by atoms with Crippen molar-refractivity contribution in [1.29, 1.82) is 0 Å². The molecule has 17 heavy (non-hydrogen) atoms. The van der Waals surface area contributed by atoms with Crippen LogP contribution in [-0.4, -0.2) is 49.4 Å². The van der Waals surface area contributed by atoms with E-state index < -0.39 is 9.53 Å². The van der Waals surface area contributed by atoms with Gasteiger partial charge in [-0.1, -0.05) is 0 Å². The van der Waals surface area contributed by atoms with Crippen molar-refractivity contribution in [2.24, 2.45) is 0 Å². The Labute approximate surface area is 106 Å². The first-order valence-corrected chi connectivity index (χ1v) is 7.54. The van der Waals surface area contributed by atoms with Gasteiger partial charge < -0.3 is 22.8 Å². The van der Waals surface area contributed by atoms with Gasteiger partial charge in [-0.15, -0.1) is 0 Å². The van der Waals surface area contributed by atoms with Crippen LogP contribution < -0.4 is 0 Å². The third-order valence-corrected chi connectivity index (χ3v) is 4.13. The van der Waals surface area contributed by atoms with Gasteiger partial charge in [0, 0.05) is 46.9 Å². The highest BCUT2D eigenvalue weighted by atomic mass is 28.3. The van der Waals surface area contributed by atoms with Crippen molar-refractivity contribution in [2.45, 2.75) is 39.4 Å². The molecule has 104 valence electrons. The van der Waals surface area contributed by atoms with Crippen molar-refractivity contribution >= 4 is 9.53 Å². The van der Waals surface area contributed by atoms with E-state index in [1.807, 2.05) is 20.8 Å². The lowest BCUT2D eigenvalue weighted by Gasteiger charge is -2.12. The quantitative estimate of drug-likeness (QED) is 0.493. The first kappa shape index (κ1) is 17.0. The lowest BCUT2D eigenvalue weighted by Crippen LogP contribution is -2.27. The Morgan fingerprint density at radius 2 is 1.18 bits per heavy atom. The Bertz CT molecular complexity index is 155. The molecular formula is C11H26O5Si. The molecule has 1 saturated carbocycles. The minimum absolute atomic E-state index is 0.167. The molecule has 0 atom stereocenters. The molecule has 0 aliphatic heterocycles. The Kier molecular flexibility index (Phi) is 10.00. The summed E-state index contributed by atoms with van der Waals surface area (Å²) in [6.07, 6.45) is 2.11. The zero-order chi connectivity index (χ0) is 13.1. The van der Waals surface area contributed by atoms with Crippen LogP contribution in [0.25, 0.3) is 0 Å². The number of ether oxygens (including phenoxy) is 2. The van der Waals surface area contributed by atoms with Crippen molar-refractivity contribution in [3.05, 3.63) is 0 Å². The second-order valence-electron chi connectivity index (χ2n) is 3.47. The average molecular weight is 266 g/mol. The molecule has 1 aliphatic rings. The van der Waals surface area contributed by atoms with E-state index in [0.29, 0.717) is 19.8 Å². The maximum Gasteiger partial charge on any atom is 0.484 e. The number of rotatable bonds is 8. The molecule has 1 rings (SSSR count). The maximum absolute atomic E-state index is 5.22. The smallest absolute Gasteiger partial charge is 0.376 e. The van der Waals surface area contributed by atoms with Crippen molar-refractivity contribution in [1.82, 2.24) is 0 Å². The maximum atomic E-state index is 5.22. The van der Waals surface area contributed by atoms with E-state index in [2.05, 4.69) is 0 Å². The zero-order valence-electron chi connectivity index (χ0n) is 11.7. The zero-order valence-corrected chi connectivity index (χ0v) is 12.8. The molecule has 1 aliphatic carbocycles. The highest BCUT2D eigenvalue weighted by molar-refractivity contribution is 6.36. The van der Waals surface area contributed by atoms with Crippen LogP contribution in [0.5, 0.6) is 0 Å². The summed E-state index contributed by atoms with van der Waals surface area (Å²) in [7, 11) is 1.62. The van der Waals surface area contributed by atoms with Crippen molar-refractivity contribution in [2.75, 3.05) is 34.0 Å². The van der Waals surface area contributed by atoms with E-state index in [1.165, 1.54) is 0 Å². The third-order valence-electron chi connectivity index (χ3n) is 2.31. The summed E-state index contributed by atoms with van der Waals surface area (Å²) in [6, 6.07) is 0. The lowest BCUT2D eigenvalue weighted by molar-refractivity contribution is -0.127. The van der Waals surface area contributed by atoms with Crippen LogP contribution in [0.4, 0.5) is 0 Å². The molecule has 0 unspecified atom stereocenters. The standard InChI is InChI=1S/C6H16O3Si.C5H10O2/c1-4-7-10(8-5-2)9-6-3;1-6-5(7-2)3-4-5/h10H,4-6H2,1-3H3;3-4H2,1-2H3. The fourth-order valence-electron chi connectivity index (χ4n) is 1.15. The molecule has 0 N–H and O–H groups in total. The fraction of sp³-hybridized carbons (Fsp3) is 1.00. The molecule has 6 heteroatoms. The first-order chi connectivity index (χ1) is 8.17. The van der Waals surface area contributed by atoms with E-state index in [0.717, 1.165) is 12.8 Å². The molecule has 0 spiro atoms. The van der Waals surface area contributed by atoms with Crippen LogP contribution in [0.2, 0.25) is 0 Å². The van der Waals surface area contributed by atoms with Crippen LogP contribution in [-0.2, 0) is 22.8 Å². The fourth-order valence-corrected chi connectivity index (χ4v) is 2.25. The molecule has 0 bridgehead atoms. The van der Waals surface area contributed by atoms with Gasteiger partial charge in [-0.05, 0) is 20.8 Å². The number of methoxy groups -OCH3 is 2. The van der Waals surface area contributed by atoms with Gasteiger partial charge in [0.15, 0.2) is 5.79 Å². The van der Waals surface area contributed by atoms with E-state index >= 15 is 0 Å². The SMILES string of the molecule is CCO[SiH](OCC)OCC.COC1(OC)CC1. The van der Waals surface area contributed by atoms with Gasteiger partial charge in [0.1, 0.15) is 0 Å². The van der Waals surface area contributed by atoms with Gasteiger partial charge >= 0.3 is 9.53 Å². The topological polar surface area (TPSA) is 46.2 Å². The Balaban J connectivity index is 0.000000318. The largest absolute Gasteiger partial charge is 0.484 e. The second kappa shape index (κ2) is 9.99. The van der Waals surface area contributed by atoms with Crippen LogP contribution in [0.3, 0.4) is 0 Å². The van der Waals surface area contributed by atoms with Gasteiger partial charge in [0.2, 0.25) is 0 Å². The van der Waals surface area contributed by atoms with Gasteiger partial charge in [-0.25, -0.2) is 0 Å². The molecule has 0 amide bonds. The summed E-state index contributed by atoms with van der Waals surface area (Å²) in [6.45, 7) is 7.86. The Morgan fingerprint density at radius 3 is 1.29 bits per heavy atom. The summed E-state index contributed by atoms with van der Waals surface area (Å²) >= 11 is 0. The highest BCUT2D eigenvalue weighted by Gasteiger charge is 2.43. The average Bonchev–Trinajstić information content (AvgIpc) is 3.11. The van der Waals surface area contributed by atoms with E-state index in [-0.39, 0.29) is 5.79 Å². The molecule has 0 aromatic heterocycles. The van der Waals surface area contributed by atoms with Crippen LogP contribution in [0.1, 0.15) is 33.6 Å². The Morgan fingerprint density at radius 1 is 0.824 bits per heavy atom. The summed E-state index contributed by atoms with van der Waals surface area (Å²) < 4.78 is 25.6. The normalized spacial score (nSPS) is 16.6. The molecule has 0 aromatic carbocycles. The first-order valence-electron chi connectivity index (χ1n) is 6.13. The van der Waals surface area contributed by atoms with Crippen LogP contribution >= 0.6 is 0 Å². The van der Waals surface area contributed by atoms with E-state index in [9.17, 15) is 0 Å². The molecule has 0 heterocycles. The molecular weight excluding hydrogens is 240 g/mol. The molecule has 0 radical (unpaired) electrons. The van der Waals surface area contributed by atoms with E-state index in [4.69, 9.17) is 22.8 Å². The predicted molar refractivity (Wildman–Crippen MR) is 68.0 cm³/mol. The minimum Gasteiger partial charge on any atom is -0.376 e. The molecule has 5 nitrogen and oxygen atoms in total.